The smallest absolute Gasteiger partial charge is 0.122 e. The molecule has 0 amide bonds. The molecule has 0 rings (SSSR count). The summed E-state index contributed by atoms with van der Waals surface area (Å²) < 4.78 is 0. The van der Waals surface area contributed by atoms with Crippen LogP contribution in [0.2, 0.25) is 0 Å². The van der Waals surface area contributed by atoms with Gasteiger partial charge in [0, 0.05) is 5.92 Å². The zero-order valence-corrected chi connectivity index (χ0v) is 7.71. The number of aldehydes is 1. The lowest BCUT2D eigenvalue weighted by Crippen LogP contribution is -2.03. The standard InChI is InChI=1S/C10H18O/c1-4-6-10(5-2)7-9(3)8-11/h4,6,8-10H,5,7H2,1-3H3/b6-4-/t9-,10?/m1/s1. The Hall–Kier alpha value is -0.590. The van der Waals surface area contributed by atoms with Crippen molar-refractivity contribution in [3.8, 4) is 0 Å². The third-order valence-corrected chi connectivity index (χ3v) is 1.90. The Kier molecular flexibility index (Phi) is 5.81. The van der Waals surface area contributed by atoms with Gasteiger partial charge in [-0.05, 0) is 25.7 Å². The van der Waals surface area contributed by atoms with Crippen molar-refractivity contribution in [2.24, 2.45) is 11.8 Å². The van der Waals surface area contributed by atoms with Crippen LogP contribution in [0.5, 0.6) is 0 Å². The molecule has 0 saturated carbocycles. The van der Waals surface area contributed by atoms with Crippen molar-refractivity contribution in [3.05, 3.63) is 12.2 Å². The van der Waals surface area contributed by atoms with Crippen LogP contribution in [0.4, 0.5) is 0 Å². The predicted octanol–water partition coefficient (Wildman–Crippen LogP) is 2.81. The van der Waals surface area contributed by atoms with E-state index in [2.05, 4.69) is 19.1 Å². The quantitative estimate of drug-likeness (QED) is 0.439. The molecule has 0 saturated heterocycles. The highest BCUT2D eigenvalue weighted by Gasteiger charge is 2.06. The fraction of sp³-hybridized carbons (Fsp3) is 0.700. The second-order valence-electron chi connectivity index (χ2n) is 3.04. The molecule has 0 aliphatic carbocycles. The number of carbonyl (C=O) groups excluding carboxylic acids is 1. The first-order chi connectivity index (χ1) is 5.24. The molecule has 0 bridgehead atoms. The first-order valence-corrected chi connectivity index (χ1v) is 4.32. The van der Waals surface area contributed by atoms with Crippen LogP contribution < -0.4 is 0 Å². The molecular weight excluding hydrogens is 136 g/mol. The summed E-state index contributed by atoms with van der Waals surface area (Å²) in [6, 6.07) is 0. The summed E-state index contributed by atoms with van der Waals surface area (Å²) in [5, 5.41) is 0. The van der Waals surface area contributed by atoms with Gasteiger partial charge in [0.1, 0.15) is 6.29 Å². The fourth-order valence-corrected chi connectivity index (χ4v) is 1.19. The van der Waals surface area contributed by atoms with Gasteiger partial charge in [-0.1, -0.05) is 26.0 Å². The topological polar surface area (TPSA) is 17.1 Å². The lowest BCUT2D eigenvalue weighted by atomic mass is 9.94. The summed E-state index contributed by atoms with van der Waals surface area (Å²) >= 11 is 0. The second-order valence-corrected chi connectivity index (χ2v) is 3.04. The molecule has 0 heterocycles. The van der Waals surface area contributed by atoms with Crippen molar-refractivity contribution in [2.45, 2.75) is 33.6 Å². The lowest BCUT2D eigenvalue weighted by Gasteiger charge is -2.10. The third kappa shape index (κ3) is 4.77. The third-order valence-electron chi connectivity index (χ3n) is 1.90. The van der Waals surface area contributed by atoms with Crippen LogP contribution in [-0.4, -0.2) is 6.29 Å². The minimum Gasteiger partial charge on any atom is -0.303 e. The summed E-state index contributed by atoms with van der Waals surface area (Å²) in [5.74, 6) is 0.788. The maximum Gasteiger partial charge on any atom is 0.122 e. The Morgan fingerprint density at radius 3 is 2.45 bits per heavy atom. The van der Waals surface area contributed by atoms with Gasteiger partial charge in [-0.3, -0.25) is 0 Å². The van der Waals surface area contributed by atoms with E-state index in [9.17, 15) is 4.79 Å². The minimum atomic E-state index is 0.205. The van der Waals surface area contributed by atoms with Crippen LogP contribution in [0, 0.1) is 11.8 Å². The Morgan fingerprint density at radius 2 is 2.09 bits per heavy atom. The molecule has 0 N–H and O–H groups in total. The van der Waals surface area contributed by atoms with Gasteiger partial charge < -0.3 is 4.79 Å². The maximum absolute atomic E-state index is 10.3. The van der Waals surface area contributed by atoms with Crippen molar-refractivity contribution in [1.82, 2.24) is 0 Å². The van der Waals surface area contributed by atoms with Gasteiger partial charge in [0.05, 0.1) is 0 Å². The Balaban J connectivity index is 3.76. The van der Waals surface area contributed by atoms with Crippen LogP contribution in [0.3, 0.4) is 0 Å². The van der Waals surface area contributed by atoms with E-state index in [0.29, 0.717) is 5.92 Å². The number of rotatable bonds is 5. The molecule has 2 atom stereocenters. The largest absolute Gasteiger partial charge is 0.303 e. The van der Waals surface area contributed by atoms with Crippen LogP contribution in [-0.2, 0) is 4.79 Å². The highest BCUT2D eigenvalue weighted by molar-refractivity contribution is 5.52. The summed E-state index contributed by atoms with van der Waals surface area (Å²) in [4.78, 5) is 10.3. The summed E-state index contributed by atoms with van der Waals surface area (Å²) in [6.07, 6.45) is 7.39. The van der Waals surface area contributed by atoms with E-state index >= 15 is 0 Å². The summed E-state index contributed by atoms with van der Waals surface area (Å²) in [6.45, 7) is 6.15. The predicted molar refractivity (Wildman–Crippen MR) is 48.4 cm³/mol. The highest BCUT2D eigenvalue weighted by Crippen LogP contribution is 2.15. The molecule has 0 aliphatic heterocycles. The van der Waals surface area contributed by atoms with Gasteiger partial charge in [-0.2, -0.15) is 0 Å². The molecular formula is C10H18O. The number of carbonyl (C=O) groups is 1. The van der Waals surface area contributed by atoms with Crippen LogP contribution in [0.1, 0.15) is 33.6 Å². The van der Waals surface area contributed by atoms with Gasteiger partial charge in [-0.15, -0.1) is 0 Å². The van der Waals surface area contributed by atoms with E-state index in [1.165, 1.54) is 0 Å². The van der Waals surface area contributed by atoms with Gasteiger partial charge in [0.2, 0.25) is 0 Å². The van der Waals surface area contributed by atoms with E-state index in [0.717, 1.165) is 19.1 Å². The molecule has 1 heteroatoms. The van der Waals surface area contributed by atoms with Crippen LogP contribution in [0.15, 0.2) is 12.2 Å². The van der Waals surface area contributed by atoms with Crippen molar-refractivity contribution >= 4 is 6.29 Å². The van der Waals surface area contributed by atoms with Gasteiger partial charge in [0.15, 0.2) is 0 Å². The average molecular weight is 154 g/mol. The average Bonchev–Trinajstić information content (AvgIpc) is 2.03. The molecule has 1 nitrogen and oxygen atoms in total. The lowest BCUT2D eigenvalue weighted by molar-refractivity contribution is -0.111. The zero-order valence-electron chi connectivity index (χ0n) is 7.71. The van der Waals surface area contributed by atoms with Gasteiger partial charge in [-0.25, -0.2) is 0 Å². The zero-order chi connectivity index (χ0) is 8.69. The van der Waals surface area contributed by atoms with Gasteiger partial charge >= 0.3 is 0 Å². The van der Waals surface area contributed by atoms with Crippen molar-refractivity contribution < 1.29 is 4.79 Å². The molecule has 0 aromatic heterocycles. The first kappa shape index (κ1) is 10.4. The number of allylic oxidation sites excluding steroid dienone is 2. The fourth-order valence-electron chi connectivity index (χ4n) is 1.19. The Labute approximate surface area is 69.5 Å². The molecule has 0 aromatic rings. The van der Waals surface area contributed by atoms with E-state index in [1.807, 2.05) is 13.8 Å². The van der Waals surface area contributed by atoms with Crippen molar-refractivity contribution in [1.29, 1.82) is 0 Å². The van der Waals surface area contributed by atoms with E-state index in [1.54, 1.807) is 0 Å². The van der Waals surface area contributed by atoms with Gasteiger partial charge in [0.25, 0.3) is 0 Å². The SMILES string of the molecule is C/C=C\C(CC)C[C@@H](C)C=O. The van der Waals surface area contributed by atoms with Crippen molar-refractivity contribution in [2.75, 3.05) is 0 Å². The molecule has 0 spiro atoms. The molecule has 64 valence electrons. The number of hydrogen-bond donors (Lipinski definition) is 0. The van der Waals surface area contributed by atoms with Crippen molar-refractivity contribution in [3.63, 3.8) is 0 Å². The van der Waals surface area contributed by atoms with Crippen LogP contribution in [0.25, 0.3) is 0 Å². The monoisotopic (exact) mass is 154 g/mol. The van der Waals surface area contributed by atoms with E-state index in [-0.39, 0.29) is 5.92 Å². The minimum absolute atomic E-state index is 0.205. The number of hydrogen-bond acceptors (Lipinski definition) is 1. The molecule has 1 unspecified atom stereocenters. The molecule has 0 aromatic carbocycles. The van der Waals surface area contributed by atoms with Crippen LogP contribution >= 0.6 is 0 Å². The molecule has 11 heavy (non-hydrogen) atoms. The Morgan fingerprint density at radius 1 is 1.45 bits per heavy atom. The summed E-state index contributed by atoms with van der Waals surface area (Å²) in [5.41, 5.74) is 0. The van der Waals surface area contributed by atoms with E-state index in [4.69, 9.17) is 0 Å². The normalized spacial score (nSPS) is 16.6. The second kappa shape index (κ2) is 6.14. The molecule has 0 radical (unpaired) electrons. The van der Waals surface area contributed by atoms with E-state index < -0.39 is 0 Å². The maximum atomic E-state index is 10.3. The first-order valence-electron chi connectivity index (χ1n) is 4.32. The Bertz CT molecular complexity index is 127. The molecule has 0 fully saturated rings. The highest BCUT2D eigenvalue weighted by atomic mass is 16.1. The molecule has 0 aliphatic rings. The summed E-state index contributed by atoms with van der Waals surface area (Å²) in [7, 11) is 0.